The molecule has 1 amide bonds. The number of carbonyl (C=O) groups excluding carboxylic acids is 1. The first-order valence-electron chi connectivity index (χ1n) is 6.38. The normalized spacial score (nSPS) is 9.90. The summed E-state index contributed by atoms with van der Waals surface area (Å²) in [7, 11) is 1.74. The van der Waals surface area contributed by atoms with Crippen LogP contribution in [0.1, 0.15) is 27.0 Å². The third-order valence-corrected chi connectivity index (χ3v) is 3.30. The van der Waals surface area contributed by atoms with Crippen LogP contribution >= 0.6 is 0 Å². The van der Waals surface area contributed by atoms with E-state index >= 15 is 0 Å². The summed E-state index contributed by atoms with van der Waals surface area (Å²) in [6, 6.07) is 14.8. The number of nitrogens with zero attached hydrogens (tertiary/aromatic N) is 2. The molecule has 0 unspecified atom stereocenters. The van der Waals surface area contributed by atoms with Gasteiger partial charge in [-0.15, -0.1) is 0 Å². The molecule has 0 spiro atoms. The first-order valence-corrected chi connectivity index (χ1v) is 6.38. The minimum absolute atomic E-state index is 0.0489. The molecule has 0 heterocycles. The Kier molecular flexibility index (Phi) is 3.86. The van der Waals surface area contributed by atoms with Gasteiger partial charge in [0, 0.05) is 18.3 Å². The Morgan fingerprint density at radius 2 is 1.75 bits per heavy atom. The van der Waals surface area contributed by atoms with Crippen LogP contribution in [0.5, 0.6) is 0 Å². The molecule has 3 heteroatoms. The molecule has 0 aromatic heterocycles. The van der Waals surface area contributed by atoms with Crippen LogP contribution in [0.4, 0.5) is 5.69 Å². The molecule has 0 saturated heterocycles. The second-order valence-electron chi connectivity index (χ2n) is 4.84. The zero-order valence-corrected chi connectivity index (χ0v) is 11.8. The Morgan fingerprint density at radius 1 is 1.10 bits per heavy atom. The smallest absolute Gasteiger partial charge is 0.258 e. The van der Waals surface area contributed by atoms with Gasteiger partial charge < -0.3 is 4.90 Å². The van der Waals surface area contributed by atoms with E-state index in [0.717, 1.165) is 16.8 Å². The predicted molar refractivity (Wildman–Crippen MR) is 79.8 cm³/mol. The van der Waals surface area contributed by atoms with Gasteiger partial charge in [-0.25, -0.2) is 0 Å². The van der Waals surface area contributed by atoms with Gasteiger partial charge in [-0.3, -0.25) is 4.79 Å². The summed E-state index contributed by atoms with van der Waals surface area (Å²) in [6.45, 7) is 3.94. The quantitative estimate of drug-likeness (QED) is 0.833. The number of anilines is 1. The summed E-state index contributed by atoms with van der Waals surface area (Å²) in [6.07, 6.45) is 0. The van der Waals surface area contributed by atoms with E-state index in [9.17, 15) is 4.79 Å². The minimum atomic E-state index is -0.0489. The number of nitriles is 1. The molecule has 0 N–H and O–H groups in total. The van der Waals surface area contributed by atoms with Gasteiger partial charge in [-0.1, -0.05) is 17.7 Å². The third-order valence-electron chi connectivity index (χ3n) is 3.30. The van der Waals surface area contributed by atoms with E-state index in [2.05, 4.69) is 6.07 Å². The van der Waals surface area contributed by atoms with Gasteiger partial charge in [0.15, 0.2) is 0 Å². The van der Waals surface area contributed by atoms with Crippen molar-refractivity contribution in [1.29, 1.82) is 5.26 Å². The van der Waals surface area contributed by atoms with Gasteiger partial charge in [0.2, 0.25) is 0 Å². The summed E-state index contributed by atoms with van der Waals surface area (Å²) in [4.78, 5) is 14.1. The first-order chi connectivity index (χ1) is 9.52. The van der Waals surface area contributed by atoms with Crippen LogP contribution in [0.3, 0.4) is 0 Å². The van der Waals surface area contributed by atoms with E-state index in [1.807, 2.05) is 32.0 Å². The van der Waals surface area contributed by atoms with Crippen molar-refractivity contribution in [3.05, 3.63) is 64.7 Å². The molecule has 20 heavy (non-hydrogen) atoms. The van der Waals surface area contributed by atoms with Crippen molar-refractivity contribution >= 4 is 11.6 Å². The maximum atomic E-state index is 12.5. The number of aryl methyl sites for hydroxylation is 2. The van der Waals surface area contributed by atoms with Gasteiger partial charge in [0.25, 0.3) is 5.91 Å². The van der Waals surface area contributed by atoms with E-state index in [1.54, 1.807) is 36.2 Å². The fraction of sp³-hybridized carbons (Fsp3) is 0.176. The Morgan fingerprint density at radius 3 is 2.30 bits per heavy atom. The molecule has 0 aliphatic heterocycles. The lowest BCUT2D eigenvalue weighted by molar-refractivity contribution is 0.0992. The summed E-state index contributed by atoms with van der Waals surface area (Å²) in [5.41, 5.74) is 4.16. The van der Waals surface area contributed by atoms with Crippen LogP contribution in [0.15, 0.2) is 42.5 Å². The van der Waals surface area contributed by atoms with Crippen molar-refractivity contribution < 1.29 is 4.79 Å². The fourth-order valence-corrected chi connectivity index (χ4v) is 2.11. The molecular formula is C17H16N2O. The van der Waals surface area contributed by atoms with Crippen LogP contribution in [-0.4, -0.2) is 13.0 Å². The lowest BCUT2D eigenvalue weighted by Gasteiger charge is -2.18. The van der Waals surface area contributed by atoms with Crippen molar-refractivity contribution in [1.82, 2.24) is 0 Å². The Hall–Kier alpha value is -2.60. The van der Waals surface area contributed by atoms with Crippen molar-refractivity contribution in [3.63, 3.8) is 0 Å². The highest BCUT2D eigenvalue weighted by molar-refractivity contribution is 6.06. The molecule has 0 saturated carbocycles. The zero-order valence-electron chi connectivity index (χ0n) is 11.8. The van der Waals surface area contributed by atoms with E-state index in [4.69, 9.17) is 5.26 Å². The second-order valence-corrected chi connectivity index (χ2v) is 4.84. The van der Waals surface area contributed by atoms with Gasteiger partial charge in [-0.05, 0) is 49.7 Å². The lowest BCUT2D eigenvalue weighted by atomic mass is 10.0. The monoisotopic (exact) mass is 264 g/mol. The van der Waals surface area contributed by atoms with E-state index < -0.39 is 0 Å². The highest BCUT2D eigenvalue weighted by Crippen LogP contribution is 2.18. The molecule has 0 fully saturated rings. The van der Waals surface area contributed by atoms with Crippen molar-refractivity contribution in [3.8, 4) is 6.07 Å². The molecule has 2 aromatic rings. The maximum Gasteiger partial charge on any atom is 0.258 e. The maximum absolute atomic E-state index is 12.5. The van der Waals surface area contributed by atoms with Crippen LogP contribution < -0.4 is 4.90 Å². The highest BCUT2D eigenvalue weighted by Gasteiger charge is 2.15. The molecule has 3 nitrogen and oxygen atoms in total. The summed E-state index contributed by atoms with van der Waals surface area (Å²) in [5, 5.41) is 8.79. The van der Waals surface area contributed by atoms with Gasteiger partial charge >= 0.3 is 0 Å². The highest BCUT2D eigenvalue weighted by atomic mass is 16.2. The lowest BCUT2D eigenvalue weighted by Crippen LogP contribution is -2.26. The number of carbonyl (C=O) groups is 1. The fourth-order valence-electron chi connectivity index (χ4n) is 2.11. The molecule has 0 atom stereocenters. The third kappa shape index (κ3) is 2.70. The average Bonchev–Trinajstić information content (AvgIpc) is 2.46. The number of hydrogen-bond acceptors (Lipinski definition) is 2. The van der Waals surface area contributed by atoms with Gasteiger partial charge in [0.05, 0.1) is 11.6 Å². The van der Waals surface area contributed by atoms with Gasteiger partial charge in [-0.2, -0.15) is 5.26 Å². The SMILES string of the molecule is Cc1ccc(C(=O)N(C)c2ccc(C#N)cc2)c(C)c1. The first kappa shape index (κ1) is 13.8. The zero-order chi connectivity index (χ0) is 14.7. The average molecular weight is 264 g/mol. The molecule has 2 rings (SSSR count). The molecular weight excluding hydrogens is 248 g/mol. The van der Waals surface area contributed by atoms with Crippen LogP contribution in [0, 0.1) is 25.2 Å². The van der Waals surface area contributed by atoms with Crippen molar-refractivity contribution in [2.24, 2.45) is 0 Å². The summed E-state index contributed by atoms with van der Waals surface area (Å²) < 4.78 is 0. The van der Waals surface area contributed by atoms with E-state index in [1.165, 1.54) is 0 Å². The van der Waals surface area contributed by atoms with Gasteiger partial charge in [0.1, 0.15) is 0 Å². The summed E-state index contributed by atoms with van der Waals surface area (Å²) >= 11 is 0. The largest absolute Gasteiger partial charge is 0.311 e. The topological polar surface area (TPSA) is 44.1 Å². The Balaban J connectivity index is 2.30. The standard InChI is InChI=1S/C17H16N2O/c1-12-4-9-16(13(2)10-12)17(20)19(3)15-7-5-14(11-18)6-8-15/h4-10H,1-3H3. The number of amides is 1. The van der Waals surface area contributed by atoms with Crippen molar-refractivity contribution in [2.45, 2.75) is 13.8 Å². The molecule has 0 aliphatic rings. The summed E-state index contributed by atoms with van der Waals surface area (Å²) in [5.74, 6) is -0.0489. The molecule has 0 radical (unpaired) electrons. The number of hydrogen-bond donors (Lipinski definition) is 0. The van der Waals surface area contributed by atoms with Crippen molar-refractivity contribution in [2.75, 3.05) is 11.9 Å². The van der Waals surface area contributed by atoms with Crippen LogP contribution in [0.25, 0.3) is 0 Å². The van der Waals surface area contributed by atoms with Crippen LogP contribution in [-0.2, 0) is 0 Å². The number of benzene rings is 2. The van der Waals surface area contributed by atoms with E-state index in [-0.39, 0.29) is 5.91 Å². The minimum Gasteiger partial charge on any atom is -0.311 e. The number of rotatable bonds is 2. The molecule has 0 aliphatic carbocycles. The Bertz CT molecular complexity index is 681. The predicted octanol–water partition coefficient (Wildman–Crippen LogP) is 3.45. The second kappa shape index (κ2) is 5.58. The van der Waals surface area contributed by atoms with Crippen LogP contribution in [0.2, 0.25) is 0 Å². The molecule has 0 bridgehead atoms. The molecule has 100 valence electrons. The molecule has 2 aromatic carbocycles. The van der Waals surface area contributed by atoms with E-state index in [0.29, 0.717) is 11.1 Å². The Labute approximate surface area is 119 Å².